The number of thiophene rings is 1. The Morgan fingerprint density at radius 3 is 2.71 bits per heavy atom. The molecule has 0 spiro atoms. The maximum absolute atomic E-state index is 5.84. The van der Waals surface area contributed by atoms with Crippen molar-refractivity contribution in [2.75, 3.05) is 6.61 Å². The first-order valence-electron chi connectivity index (χ1n) is 8.17. The van der Waals surface area contributed by atoms with Crippen LogP contribution in [0, 0.1) is 0 Å². The lowest BCUT2D eigenvalue weighted by atomic mass is 10.2. The molecule has 5 rings (SSSR count). The van der Waals surface area contributed by atoms with Crippen LogP contribution in [0.2, 0.25) is 0 Å². The Hall–Kier alpha value is -2.31. The highest BCUT2D eigenvalue weighted by atomic mass is 32.1. The zero-order valence-electron chi connectivity index (χ0n) is 13.1. The summed E-state index contributed by atoms with van der Waals surface area (Å²) in [5.41, 5.74) is 3.32. The fourth-order valence-electron chi connectivity index (χ4n) is 3.26. The van der Waals surface area contributed by atoms with Gasteiger partial charge in [-0.25, -0.2) is 15.0 Å². The van der Waals surface area contributed by atoms with Gasteiger partial charge in [-0.3, -0.25) is 0 Å². The van der Waals surface area contributed by atoms with Crippen molar-refractivity contribution in [1.82, 2.24) is 19.5 Å². The average Bonchev–Trinajstić information content (AvgIpc) is 3.35. The molecule has 1 fully saturated rings. The van der Waals surface area contributed by atoms with Gasteiger partial charge in [-0.15, -0.1) is 11.3 Å². The van der Waals surface area contributed by atoms with Crippen molar-refractivity contribution >= 4 is 33.7 Å². The second-order valence-corrected chi connectivity index (χ2v) is 6.97. The standard InChI is InChI=1S/C18H16N4OS/c1-2-7-14-13(6-1)19-16-18(20-14)22(11-12-5-3-9-23-12)17(21-16)15-8-4-10-24-15/h1-2,4,6-8,10,12H,3,5,9,11H2. The van der Waals surface area contributed by atoms with Crippen LogP contribution in [0.3, 0.4) is 0 Å². The van der Waals surface area contributed by atoms with Gasteiger partial charge in [0.1, 0.15) is 0 Å². The lowest BCUT2D eigenvalue weighted by Crippen LogP contribution is -2.16. The lowest BCUT2D eigenvalue weighted by Gasteiger charge is -2.13. The highest BCUT2D eigenvalue weighted by Gasteiger charge is 2.22. The summed E-state index contributed by atoms with van der Waals surface area (Å²) in [6.45, 7) is 1.62. The molecule has 1 aliphatic heterocycles. The van der Waals surface area contributed by atoms with Gasteiger partial charge in [0, 0.05) is 6.61 Å². The summed E-state index contributed by atoms with van der Waals surface area (Å²) in [4.78, 5) is 15.5. The first kappa shape index (κ1) is 14.1. The number of ether oxygens (including phenoxy) is 1. The molecule has 0 N–H and O–H groups in total. The van der Waals surface area contributed by atoms with E-state index < -0.39 is 0 Å². The minimum Gasteiger partial charge on any atom is -0.376 e. The van der Waals surface area contributed by atoms with Gasteiger partial charge < -0.3 is 9.30 Å². The normalized spacial score (nSPS) is 17.9. The summed E-state index contributed by atoms with van der Waals surface area (Å²) in [7, 11) is 0. The van der Waals surface area contributed by atoms with E-state index in [9.17, 15) is 0 Å². The third-order valence-electron chi connectivity index (χ3n) is 4.41. The van der Waals surface area contributed by atoms with Gasteiger partial charge in [0.25, 0.3) is 0 Å². The van der Waals surface area contributed by atoms with Crippen molar-refractivity contribution in [1.29, 1.82) is 0 Å². The third kappa shape index (κ3) is 2.30. The fraction of sp³-hybridized carbons (Fsp3) is 0.278. The molecule has 0 radical (unpaired) electrons. The SMILES string of the molecule is c1csc(-c2nc3nc4ccccc4nc3n2CC2CCCO2)c1. The van der Waals surface area contributed by atoms with E-state index in [1.165, 1.54) is 0 Å². The number of benzene rings is 1. The molecule has 4 aromatic rings. The van der Waals surface area contributed by atoms with Crippen LogP contribution < -0.4 is 0 Å². The van der Waals surface area contributed by atoms with Crippen molar-refractivity contribution in [3.05, 3.63) is 41.8 Å². The molecule has 5 nitrogen and oxygen atoms in total. The van der Waals surface area contributed by atoms with Crippen LogP contribution in [0.15, 0.2) is 41.8 Å². The second kappa shape index (κ2) is 5.65. The molecule has 24 heavy (non-hydrogen) atoms. The minimum absolute atomic E-state index is 0.231. The highest BCUT2D eigenvalue weighted by molar-refractivity contribution is 7.13. The summed E-state index contributed by atoms with van der Waals surface area (Å²) in [6, 6.07) is 12.1. The van der Waals surface area contributed by atoms with E-state index in [0.29, 0.717) is 5.65 Å². The Kier molecular flexibility index (Phi) is 3.31. The molecule has 0 amide bonds. The highest BCUT2D eigenvalue weighted by Crippen LogP contribution is 2.29. The third-order valence-corrected chi connectivity index (χ3v) is 5.28. The van der Waals surface area contributed by atoms with Gasteiger partial charge >= 0.3 is 0 Å². The van der Waals surface area contributed by atoms with Crippen LogP contribution in [-0.4, -0.2) is 32.2 Å². The predicted octanol–water partition coefficient (Wildman–Crippen LogP) is 3.89. The zero-order valence-corrected chi connectivity index (χ0v) is 13.9. The largest absolute Gasteiger partial charge is 0.376 e. The number of aromatic nitrogens is 4. The van der Waals surface area contributed by atoms with Crippen LogP contribution in [-0.2, 0) is 11.3 Å². The van der Waals surface area contributed by atoms with Gasteiger partial charge in [-0.1, -0.05) is 18.2 Å². The van der Waals surface area contributed by atoms with Gasteiger partial charge in [0.15, 0.2) is 17.1 Å². The number of imidazole rings is 1. The van der Waals surface area contributed by atoms with Crippen molar-refractivity contribution in [2.45, 2.75) is 25.5 Å². The van der Waals surface area contributed by atoms with Gasteiger partial charge in [-0.2, -0.15) is 0 Å². The van der Waals surface area contributed by atoms with Gasteiger partial charge in [0.05, 0.1) is 28.6 Å². The molecule has 120 valence electrons. The number of rotatable bonds is 3. The molecular formula is C18H16N4OS. The van der Waals surface area contributed by atoms with Gasteiger partial charge in [-0.05, 0) is 36.4 Å². The Bertz CT molecular complexity index is 1000. The Labute approximate surface area is 143 Å². The summed E-state index contributed by atoms with van der Waals surface area (Å²) < 4.78 is 8.02. The van der Waals surface area contributed by atoms with Crippen LogP contribution in [0.1, 0.15) is 12.8 Å². The Balaban J connectivity index is 1.74. The molecule has 1 aromatic carbocycles. The van der Waals surface area contributed by atoms with E-state index in [-0.39, 0.29) is 6.10 Å². The molecule has 0 aliphatic carbocycles. The molecule has 1 atom stereocenters. The van der Waals surface area contributed by atoms with Crippen LogP contribution >= 0.6 is 11.3 Å². The predicted molar refractivity (Wildman–Crippen MR) is 95.1 cm³/mol. The minimum atomic E-state index is 0.231. The van der Waals surface area contributed by atoms with Crippen molar-refractivity contribution in [2.24, 2.45) is 0 Å². The average molecular weight is 336 g/mol. The van der Waals surface area contributed by atoms with Crippen LogP contribution in [0.25, 0.3) is 33.0 Å². The van der Waals surface area contributed by atoms with E-state index in [1.54, 1.807) is 11.3 Å². The number of hydrogen-bond acceptors (Lipinski definition) is 5. The number of nitrogens with zero attached hydrogens (tertiary/aromatic N) is 4. The molecule has 6 heteroatoms. The number of para-hydroxylation sites is 2. The zero-order chi connectivity index (χ0) is 15.9. The molecule has 4 heterocycles. The Morgan fingerprint density at radius 1 is 1.08 bits per heavy atom. The fourth-order valence-corrected chi connectivity index (χ4v) is 3.98. The number of hydrogen-bond donors (Lipinski definition) is 0. The monoisotopic (exact) mass is 336 g/mol. The molecule has 0 bridgehead atoms. The molecule has 1 unspecified atom stereocenters. The molecule has 3 aromatic heterocycles. The van der Waals surface area contributed by atoms with E-state index in [0.717, 1.165) is 53.4 Å². The van der Waals surface area contributed by atoms with Gasteiger partial charge in [0.2, 0.25) is 0 Å². The van der Waals surface area contributed by atoms with Crippen molar-refractivity contribution in [3.8, 4) is 10.7 Å². The second-order valence-electron chi connectivity index (χ2n) is 6.02. The van der Waals surface area contributed by atoms with Crippen LogP contribution in [0.5, 0.6) is 0 Å². The maximum atomic E-state index is 5.84. The molecule has 0 saturated carbocycles. The molecule has 1 saturated heterocycles. The summed E-state index contributed by atoms with van der Waals surface area (Å²) in [5, 5.41) is 2.07. The van der Waals surface area contributed by atoms with E-state index >= 15 is 0 Å². The Morgan fingerprint density at radius 2 is 1.96 bits per heavy atom. The first-order chi connectivity index (χ1) is 11.9. The maximum Gasteiger partial charge on any atom is 0.198 e. The van der Waals surface area contributed by atoms with E-state index in [2.05, 4.69) is 16.0 Å². The summed E-state index contributed by atoms with van der Waals surface area (Å²) >= 11 is 1.69. The summed E-state index contributed by atoms with van der Waals surface area (Å²) in [5.74, 6) is 0.936. The van der Waals surface area contributed by atoms with Crippen molar-refractivity contribution in [3.63, 3.8) is 0 Å². The van der Waals surface area contributed by atoms with Crippen LogP contribution in [0.4, 0.5) is 0 Å². The molecular weight excluding hydrogens is 320 g/mol. The summed E-state index contributed by atoms with van der Waals surface area (Å²) in [6.07, 6.45) is 2.44. The topological polar surface area (TPSA) is 52.8 Å². The van der Waals surface area contributed by atoms with Crippen molar-refractivity contribution < 1.29 is 4.74 Å². The van der Waals surface area contributed by atoms with E-state index in [1.807, 2.05) is 30.3 Å². The quantitative estimate of drug-likeness (QED) is 0.569. The van der Waals surface area contributed by atoms with E-state index in [4.69, 9.17) is 19.7 Å². The number of fused-ring (bicyclic) bond motifs is 2. The molecule has 1 aliphatic rings. The smallest absolute Gasteiger partial charge is 0.198 e. The lowest BCUT2D eigenvalue weighted by molar-refractivity contribution is 0.0981. The first-order valence-corrected chi connectivity index (χ1v) is 9.05.